The predicted octanol–water partition coefficient (Wildman–Crippen LogP) is 2.36. The molecule has 0 amide bonds. The molecule has 0 aliphatic heterocycles. The van der Waals surface area contributed by atoms with Crippen LogP contribution in [0, 0.1) is 22.7 Å². The van der Waals surface area contributed by atoms with Crippen LogP contribution in [0.4, 0.5) is 4.39 Å². The zero-order valence-corrected chi connectivity index (χ0v) is 20.1. The van der Waals surface area contributed by atoms with Crippen molar-refractivity contribution in [2.24, 2.45) is 22.7 Å². The largest absolute Gasteiger partial charge is 0.459 e. The summed E-state index contributed by atoms with van der Waals surface area (Å²) in [4.78, 5) is 37.5. The van der Waals surface area contributed by atoms with Crippen LogP contribution in [0.1, 0.15) is 65.7 Å². The van der Waals surface area contributed by atoms with Gasteiger partial charge in [-0.1, -0.05) is 31.9 Å². The average molecular weight is 479 g/mol. The summed E-state index contributed by atoms with van der Waals surface area (Å²) in [7, 11) is 0. The Morgan fingerprint density at radius 2 is 1.97 bits per heavy atom. The van der Waals surface area contributed by atoms with E-state index in [1.54, 1.807) is 19.9 Å². The molecule has 0 aromatic rings. The molecule has 7 nitrogen and oxygen atoms in total. The quantitative estimate of drug-likeness (QED) is 0.501. The Morgan fingerprint density at radius 1 is 1.26 bits per heavy atom. The first-order chi connectivity index (χ1) is 15.9. The molecule has 0 spiro atoms. The first-order valence-electron chi connectivity index (χ1n) is 12.3. The highest BCUT2D eigenvalue weighted by molar-refractivity contribution is 6.01. The van der Waals surface area contributed by atoms with Crippen molar-refractivity contribution in [3.8, 4) is 0 Å². The van der Waals surface area contributed by atoms with Gasteiger partial charge in [-0.25, -0.2) is 4.39 Å². The zero-order valence-electron chi connectivity index (χ0n) is 20.1. The molecule has 3 fully saturated rings. The monoisotopic (exact) mass is 478 g/mol. The molecule has 0 bridgehead atoms. The molecule has 4 rings (SSSR count). The van der Waals surface area contributed by atoms with E-state index in [0.717, 1.165) is 6.42 Å². The Morgan fingerprint density at radius 3 is 2.62 bits per heavy atom. The van der Waals surface area contributed by atoms with Gasteiger partial charge in [0.05, 0.1) is 6.10 Å². The fourth-order valence-corrected chi connectivity index (χ4v) is 7.48. The van der Waals surface area contributed by atoms with Gasteiger partial charge in [-0.05, 0) is 57.1 Å². The minimum absolute atomic E-state index is 0.0106. The van der Waals surface area contributed by atoms with Crippen molar-refractivity contribution < 1.29 is 38.8 Å². The van der Waals surface area contributed by atoms with Crippen LogP contribution in [0.3, 0.4) is 0 Å². The van der Waals surface area contributed by atoms with E-state index in [1.165, 1.54) is 12.2 Å². The van der Waals surface area contributed by atoms with E-state index < -0.39 is 64.5 Å². The van der Waals surface area contributed by atoms with Crippen LogP contribution in [0.15, 0.2) is 23.8 Å². The number of ketones is 2. The maximum Gasteiger partial charge on any atom is 0.306 e. The van der Waals surface area contributed by atoms with E-state index in [4.69, 9.17) is 4.74 Å². The molecule has 0 saturated heterocycles. The maximum absolute atomic E-state index is 17.7. The van der Waals surface area contributed by atoms with Gasteiger partial charge in [-0.15, -0.1) is 0 Å². The second-order valence-corrected chi connectivity index (χ2v) is 10.9. The minimum atomic E-state index is -2.28. The van der Waals surface area contributed by atoms with Crippen LogP contribution in [-0.4, -0.2) is 62.9 Å². The summed E-state index contributed by atoms with van der Waals surface area (Å²) in [5.74, 6) is -3.03. The third-order valence-electron chi connectivity index (χ3n) is 9.41. The van der Waals surface area contributed by atoms with Crippen LogP contribution in [-0.2, 0) is 19.1 Å². The molecule has 34 heavy (non-hydrogen) atoms. The van der Waals surface area contributed by atoms with Gasteiger partial charge in [0.15, 0.2) is 22.8 Å². The summed E-state index contributed by atoms with van der Waals surface area (Å²) in [5, 5.41) is 31.9. The lowest BCUT2D eigenvalue weighted by Crippen LogP contribution is -2.70. The maximum atomic E-state index is 17.7. The molecule has 8 heteroatoms. The number of aliphatic hydroxyl groups excluding tert-OH is 2. The number of allylic oxidation sites excluding steroid dienone is 4. The van der Waals surface area contributed by atoms with Crippen LogP contribution in [0.5, 0.6) is 0 Å². The van der Waals surface area contributed by atoms with Gasteiger partial charge >= 0.3 is 5.97 Å². The van der Waals surface area contributed by atoms with Gasteiger partial charge in [0.1, 0.15) is 12.7 Å². The Balaban J connectivity index is 1.84. The molecule has 3 N–H and O–H groups in total. The van der Waals surface area contributed by atoms with Crippen molar-refractivity contribution in [2.75, 3.05) is 6.61 Å². The number of carbonyl (C=O) groups is 3. The highest BCUT2D eigenvalue weighted by atomic mass is 19.1. The summed E-state index contributed by atoms with van der Waals surface area (Å²) in [6.07, 6.45) is 3.58. The molecule has 3 saturated carbocycles. The lowest BCUT2D eigenvalue weighted by molar-refractivity contribution is -0.232. The standard InChI is InChI=1S/C26H35FO7/c1-4-5-6-22(32)34-21-13-24(3)18(12-19(30)26(24,33)20(31)14-28)17-8-7-15-11-16(29)9-10-23(15,2)25(17,21)27/h9-11,17-19,21,28,30,33H,4-8,12-14H2,1-3H3/t17-,18-,19+,21-,23-,24-,25-,26-/m0/s1. The van der Waals surface area contributed by atoms with Crippen molar-refractivity contribution in [2.45, 2.75) is 89.2 Å². The summed E-state index contributed by atoms with van der Waals surface area (Å²) >= 11 is 0. The number of aliphatic hydroxyl groups is 3. The molecular formula is C26H35FO7. The second-order valence-electron chi connectivity index (χ2n) is 10.9. The van der Waals surface area contributed by atoms with E-state index in [0.29, 0.717) is 24.8 Å². The van der Waals surface area contributed by atoms with Crippen LogP contribution in [0.25, 0.3) is 0 Å². The van der Waals surface area contributed by atoms with Crippen molar-refractivity contribution in [1.29, 1.82) is 0 Å². The first-order valence-corrected chi connectivity index (χ1v) is 12.3. The number of halogens is 1. The Hall–Kier alpha value is -1.90. The van der Waals surface area contributed by atoms with E-state index in [1.807, 2.05) is 6.92 Å². The number of alkyl halides is 1. The fourth-order valence-electron chi connectivity index (χ4n) is 7.48. The molecule has 0 unspecified atom stereocenters. The van der Waals surface area contributed by atoms with Crippen molar-refractivity contribution >= 4 is 17.5 Å². The number of fused-ring (bicyclic) bond motifs is 5. The molecule has 4 aliphatic rings. The summed E-state index contributed by atoms with van der Waals surface area (Å²) < 4.78 is 23.5. The first kappa shape index (κ1) is 25.2. The Kier molecular flexibility index (Phi) is 6.19. The molecule has 188 valence electrons. The number of ether oxygens (including phenoxy) is 1. The van der Waals surface area contributed by atoms with Crippen LogP contribution < -0.4 is 0 Å². The van der Waals surface area contributed by atoms with Gasteiger partial charge in [-0.3, -0.25) is 14.4 Å². The van der Waals surface area contributed by atoms with E-state index in [-0.39, 0.29) is 25.0 Å². The second kappa shape index (κ2) is 8.35. The van der Waals surface area contributed by atoms with Crippen molar-refractivity contribution in [3.05, 3.63) is 23.8 Å². The topological polar surface area (TPSA) is 121 Å². The summed E-state index contributed by atoms with van der Waals surface area (Å²) in [5.41, 5.74) is -6.27. The van der Waals surface area contributed by atoms with Gasteiger partial charge < -0.3 is 20.1 Å². The fraction of sp³-hybridized carbons (Fsp3) is 0.731. The molecule has 0 heterocycles. The number of carbonyl (C=O) groups excluding carboxylic acids is 3. The SMILES string of the molecule is CCCCC(=O)O[C@H]1C[C@@]2(C)[C@@H](C[C@@H](O)[C@]2(O)C(=O)CO)[C@@H]2CCC3=CC(=O)C=C[C@]3(C)[C@@]12F. The number of Topliss-reactive ketones (excluding diaryl/α,β-unsaturated/α-hetero) is 1. The summed E-state index contributed by atoms with van der Waals surface area (Å²) in [6.45, 7) is 4.30. The smallest absolute Gasteiger partial charge is 0.306 e. The molecule has 0 radical (unpaired) electrons. The lowest BCUT2D eigenvalue weighted by atomic mass is 9.44. The normalized spacial score (nSPS) is 45.1. The van der Waals surface area contributed by atoms with Crippen molar-refractivity contribution in [3.63, 3.8) is 0 Å². The predicted molar refractivity (Wildman–Crippen MR) is 120 cm³/mol. The van der Waals surface area contributed by atoms with Gasteiger partial charge in [0.2, 0.25) is 0 Å². The molecular weight excluding hydrogens is 443 g/mol. The molecule has 0 aromatic heterocycles. The highest BCUT2D eigenvalue weighted by Gasteiger charge is 2.77. The van der Waals surface area contributed by atoms with Crippen molar-refractivity contribution in [1.82, 2.24) is 0 Å². The van der Waals surface area contributed by atoms with E-state index in [2.05, 4.69) is 0 Å². The number of hydrogen-bond acceptors (Lipinski definition) is 7. The summed E-state index contributed by atoms with van der Waals surface area (Å²) in [6, 6.07) is 0. The van der Waals surface area contributed by atoms with Gasteiger partial charge in [-0.2, -0.15) is 0 Å². The zero-order chi connectivity index (χ0) is 25.1. The van der Waals surface area contributed by atoms with Crippen LogP contribution in [0.2, 0.25) is 0 Å². The number of rotatable bonds is 6. The number of unbranched alkanes of at least 4 members (excludes halogenated alkanes) is 1. The molecule has 4 aliphatic carbocycles. The third-order valence-corrected chi connectivity index (χ3v) is 9.41. The van der Waals surface area contributed by atoms with Crippen LogP contribution >= 0.6 is 0 Å². The van der Waals surface area contributed by atoms with E-state index in [9.17, 15) is 29.7 Å². The minimum Gasteiger partial charge on any atom is -0.459 e. The third kappa shape index (κ3) is 3.14. The highest BCUT2D eigenvalue weighted by Crippen LogP contribution is 2.70. The number of esters is 1. The van der Waals surface area contributed by atoms with E-state index >= 15 is 4.39 Å². The lowest BCUT2D eigenvalue weighted by Gasteiger charge is -2.62. The average Bonchev–Trinajstić information content (AvgIpc) is 3.00. The van der Waals surface area contributed by atoms with Gasteiger partial charge in [0.25, 0.3) is 0 Å². The van der Waals surface area contributed by atoms with Gasteiger partial charge in [0, 0.05) is 23.2 Å². The Bertz CT molecular complexity index is 959. The Labute approximate surface area is 199 Å². The molecule has 8 atom stereocenters. The molecule has 0 aromatic carbocycles. The number of hydrogen-bond donors (Lipinski definition) is 3.